The van der Waals surface area contributed by atoms with Crippen LogP contribution in [0.4, 0.5) is 0 Å². The van der Waals surface area contributed by atoms with E-state index >= 15 is 0 Å². The van der Waals surface area contributed by atoms with Gasteiger partial charge in [-0.2, -0.15) is 0 Å². The monoisotopic (exact) mass is 202 g/mol. The normalized spacial score (nSPS) is 12.5. The van der Waals surface area contributed by atoms with Gasteiger partial charge in [-0.05, 0) is 37.8 Å². The molecule has 0 heterocycles. The van der Waals surface area contributed by atoms with Crippen LogP contribution in [-0.2, 0) is 4.43 Å². The van der Waals surface area contributed by atoms with Gasteiger partial charge in [-0.3, -0.25) is 0 Å². The van der Waals surface area contributed by atoms with Crippen molar-refractivity contribution in [2.75, 3.05) is 0 Å². The molecule has 0 aromatic carbocycles. The lowest BCUT2D eigenvalue weighted by Crippen LogP contribution is -2.25. The van der Waals surface area contributed by atoms with E-state index in [9.17, 15) is 0 Å². The highest BCUT2D eigenvalue weighted by molar-refractivity contribution is 6.52. The van der Waals surface area contributed by atoms with Crippen molar-refractivity contribution in [3.05, 3.63) is 0 Å². The van der Waals surface area contributed by atoms with Crippen LogP contribution < -0.4 is 0 Å². The fourth-order valence-corrected chi connectivity index (χ4v) is 4.93. The summed E-state index contributed by atoms with van der Waals surface area (Å²) in [5.41, 5.74) is 0. The van der Waals surface area contributed by atoms with Gasteiger partial charge in [0.05, 0.1) is 0 Å². The van der Waals surface area contributed by atoms with Crippen LogP contribution in [0.3, 0.4) is 0 Å². The van der Waals surface area contributed by atoms with Crippen LogP contribution in [0, 0.1) is 11.8 Å². The first kappa shape index (κ1) is 13.2. The molecule has 13 heavy (non-hydrogen) atoms. The smallest absolute Gasteiger partial charge is 0.177 e. The topological polar surface area (TPSA) is 9.23 Å². The SMILES string of the molecule is CC(C)C[SiH](CC(C)C)OC(C)C. The minimum Gasteiger partial charge on any atom is -0.418 e. The summed E-state index contributed by atoms with van der Waals surface area (Å²) in [6.45, 7) is 13.5. The van der Waals surface area contributed by atoms with Gasteiger partial charge in [-0.15, -0.1) is 0 Å². The van der Waals surface area contributed by atoms with Crippen molar-refractivity contribution in [1.82, 2.24) is 0 Å². The summed E-state index contributed by atoms with van der Waals surface area (Å²) in [5.74, 6) is 1.60. The zero-order valence-corrected chi connectivity index (χ0v) is 11.3. The lowest BCUT2D eigenvalue weighted by molar-refractivity contribution is 0.236. The minimum atomic E-state index is -0.907. The zero-order chi connectivity index (χ0) is 10.4. The summed E-state index contributed by atoms with van der Waals surface area (Å²) in [5, 5.41) is 0. The summed E-state index contributed by atoms with van der Waals surface area (Å²) < 4.78 is 6.01. The second-order valence-electron chi connectivity index (χ2n) is 5.07. The second-order valence-corrected chi connectivity index (χ2v) is 7.52. The maximum Gasteiger partial charge on any atom is 0.177 e. The van der Waals surface area contributed by atoms with Crippen molar-refractivity contribution in [3.63, 3.8) is 0 Å². The highest BCUT2D eigenvalue weighted by Crippen LogP contribution is 2.16. The van der Waals surface area contributed by atoms with E-state index in [4.69, 9.17) is 4.43 Å². The Bertz CT molecular complexity index is 97.5. The molecule has 0 unspecified atom stereocenters. The van der Waals surface area contributed by atoms with Gasteiger partial charge >= 0.3 is 0 Å². The standard InChI is InChI=1S/C11H26OSi/c1-9(2)7-13(8-10(3)4)12-11(5)6/h9-11,13H,7-8H2,1-6H3. The fourth-order valence-electron chi connectivity index (χ4n) is 1.64. The number of hydrogen-bond donors (Lipinski definition) is 0. The molecular weight excluding hydrogens is 176 g/mol. The molecule has 0 atom stereocenters. The van der Waals surface area contributed by atoms with Crippen LogP contribution in [0.5, 0.6) is 0 Å². The van der Waals surface area contributed by atoms with Gasteiger partial charge in [0.25, 0.3) is 0 Å². The van der Waals surface area contributed by atoms with Gasteiger partial charge in [0.15, 0.2) is 9.04 Å². The number of rotatable bonds is 6. The molecule has 0 amide bonds. The molecule has 0 saturated heterocycles. The Morgan fingerprint density at radius 2 is 1.23 bits per heavy atom. The Morgan fingerprint density at radius 3 is 1.46 bits per heavy atom. The lowest BCUT2D eigenvalue weighted by Gasteiger charge is -2.22. The Kier molecular flexibility index (Phi) is 6.69. The van der Waals surface area contributed by atoms with Crippen molar-refractivity contribution in [3.8, 4) is 0 Å². The molecule has 0 aromatic rings. The molecular formula is C11H26OSi. The largest absolute Gasteiger partial charge is 0.418 e. The summed E-state index contributed by atoms with van der Waals surface area (Å²) in [6, 6.07) is 2.66. The molecule has 0 N–H and O–H groups in total. The van der Waals surface area contributed by atoms with Crippen LogP contribution >= 0.6 is 0 Å². The van der Waals surface area contributed by atoms with Gasteiger partial charge in [0.2, 0.25) is 0 Å². The van der Waals surface area contributed by atoms with E-state index in [0.717, 1.165) is 11.8 Å². The maximum atomic E-state index is 6.01. The van der Waals surface area contributed by atoms with Crippen molar-refractivity contribution in [1.29, 1.82) is 0 Å². The quantitative estimate of drug-likeness (QED) is 0.600. The van der Waals surface area contributed by atoms with Crippen molar-refractivity contribution < 1.29 is 4.43 Å². The Morgan fingerprint density at radius 1 is 0.846 bits per heavy atom. The average Bonchev–Trinajstić information content (AvgIpc) is 1.80. The Hall–Kier alpha value is 0.177. The van der Waals surface area contributed by atoms with E-state index in [0.29, 0.717) is 6.10 Å². The van der Waals surface area contributed by atoms with Gasteiger partial charge in [-0.25, -0.2) is 0 Å². The van der Waals surface area contributed by atoms with E-state index < -0.39 is 9.04 Å². The predicted molar refractivity (Wildman–Crippen MR) is 62.7 cm³/mol. The van der Waals surface area contributed by atoms with Crippen LogP contribution in [0.2, 0.25) is 12.1 Å². The van der Waals surface area contributed by atoms with Crippen LogP contribution in [-0.4, -0.2) is 15.1 Å². The van der Waals surface area contributed by atoms with E-state index in [1.54, 1.807) is 0 Å². The molecule has 0 spiro atoms. The van der Waals surface area contributed by atoms with Gasteiger partial charge in [0, 0.05) is 6.10 Å². The first-order valence-corrected chi connectivity index (χ1v) is 7.67. The second kappa shape index (κ2) is 6.60. The van der Waals surface area contributed by atoms with Crippen LogP contribution in [0.1, 0.15) is 41.5 Å². The molecule has 0 saturated carbocycles. The molecule has 0 aromatic heterocycles. The van der Waals surface area contributed by atoms with Gasteiger partial charge in [0.1, 0.15) is 0 Å². The van der Waals surface area contributed by atoms with Crippen LogP contribution in [0.15, 0.2) is 0 Å². The molecule has 1 nitrogen and oxygen atoms in total. The molecule has 0 aliphatic heterocycles. The summed E-state index contributed by atoms with van der Waals surface area (Å²) in [6.07, 6.45) is 0.425. The third-order valence-corrected chi connectivity index (χ3v) is 5.80. The predicted octanol–water partition coefficient (Wildman–Crippen LogP) is 3.45. The van der Waals surface area contributed by atoms with Crippen LogP contribution in [0.25, 0.3) is 0 Å². The highest BCUT2D eigenvalue weighted by atomic mass is 28.3. The molecule has 0 aliphatic carbocycles. The number of hydrogen-bond acceptors (Lipinski definition) is 1. The van der Waals surface area contributed by atoms with Gasteiger partial charge in [-0.1, -0.05) is 27.7 Å². The minimum absolute atomic E-state index is 0.425. The first-order chi connectivity index (χ1) is 5.91. The van der Waals surface area contributed by atoms with Gasteiger partial charge < -0.3 is 4.43 Å². The summed E-state index contributed by atoms with van der Waals surface area (Å²) >= 11 is 0. The first-order valence-electron chi connectivity index (χ1n) is 5.57. The third kappa shape index (κ3) is 8.51. The average molecular weight is 202 g/mol. The van der Waals surface area contributed by atoms with E-state index in [2.05, 4.69) is 41.5 Å². The van der Waals surface area contributed by atoms with Crippen molar-refractivity contribution in [2.24, 2.45) is 11.8 Å². The fraction of sp³-hybridized carbons (Fsp3) is 1.00. The summed E-state index contributed by atoms with van der Waals surface area (Å²) in [4.78, 5) is 0. The molecule has 0 bridgehead atoms. The molecule has 0 fully saturated rings. The Balaban J connectivity index is 3.87. The molecule has 2 heteroatoms. The van der Waals surface area contributed by atoms with E-state index in [1.807, 2.05) is 0 Å². The van der Waals surface area contributed by atoms with Crippen molar-refractivity contribution in [2.45, 2.75) is 59.7 Å². The maximum absolute atomic E-state index is 6.01. The molecule has 0 radical (unpaired) electrons. The zero-order valence-electron chi connectivity index (χ0n) is 10.1. The van der Waals surface area contributed by atoms with E-state index in [1.165, 1.54) is 12.1 Å². The van der Waals surface area contributed by atoms with Crippen molar-refractivity contribution >= 4 is 9.04 Å². The third-order valence-electron chi connectivity index (χ3n) is 1.93. The Labute approximate surface area is 85.6 Å². The highest BCUT2D eigenvalue weighted by Gasteiger charge is 2.16. The lowest BCUT2D eigenvalue weighted by atomic mass is 10.3. The molecule has 0 aliphatic rings. The molecule has 0 rings (SSSR count). The summed E-state index contributed by atoms with van der Waals surface area (Å²) in [7, 11) is -0.907. The van der Waals surface area contributed by atoms with E-state index in [-0.39, 0.29) is 0 Å². The molecule has 80 valence electrons.